The first-order chi connectivity index (χ1) is 9.63. The molecule has 20 heavy (non-hydrogen) atoms. The lowest BCUT2D eigenvalue weighted by atomic mass is 10.1. The third kappa shape index (κ3) is 2.70. The molecule has 0 spiro atoms. The summed E-state index contributed by atoms with van der Waals surface area (Å²) < 4.78 is 28.0. The van der Waals surface area contributed by atoms with Gasteiger partial charge in [0.2, 0.25) is 0 Å². The molecule has 0 saturated carbocycles. The number of fused-ring (bicyclic) bond motifs is 1. The van der Waals surface area contributed by atoms with Gasteiger partial charge in [-0.2, -0.15) is 0 Å². The van der Waals surface area contributed by atoms with E-state index in [-0.39, 0.29) is 5.82 Å². The Balaban J connectivity index is 1.93. The zero-order valence-electron chi connectivity index (χ0n) is 10.5. The molecule has 104 valence electrons. The number of pyridine rings is 1. The van der Waals surface area contributed by atoms with E-state index < -0.39 is 5.82 Å². The van der Waals surface area contributed by atoms with Crippen LogP contribution in [0.2, 0.25) is 0 Å². The van der Waals surface area contributed by atoms with Gasteiger partial charge in [0.25, 0.3) is 0 Å². The SMILES string of the molecule is Fc1ccc(F)c(CN2CCNc3ncc(I)cc32)c1. The van der Waals surface area contributed by atoms with Crippen molar-refractivity contribution in [3.05, 3.63) is 51.2 Å². The summed E-state index contributed by atoms with van der Waals surface area (Å²) in [5.74, 6) is -0.0175. The smallest absolute Gasteiger partial charge is 0.149 e. The Hall–Kier alpha value is -1.44. The van der Waals surface area contributed by atoms with Crippen LogP contribution < -0.4 is 10.2 Å². The fraction of sp³-hybridized carbons (Fsp3) is 0.214. The van der Waals surface area contributed by atoms with Gasteiger partial charge in [-0.1, -0.05) is 0 Å². The highest BCUT2D eigenvalue weighted by molar-refractivity contribution is 14.1. The van der Waals surface area contributed by atoms with Gasteiger partial charge in [-0.3, -0.25) is 0 Å². The monoisotopic (exact) mass is 387 g/mol. The number of halogens is 3. The van der Waals surface area contributed by atoms with Crippen molar-refractivity contribution in [1.82, 2.24) is 4.98 Å². The van der Waals surface area contributed by atoms with E-state index in [0.29, 0.717) is 12.1 Å². The highest BCUT2D eigenvalue weighted by atomic mass is 127. The first-order valence-electron chi connectivity index (χ1n) is 6.22. The molecule has 0 fully saturated rings. The molecule has 1 N–H and O–H groups in total. The van der Waals surface area contributed by atoms with Crippen LogP contribution >= 0.6 is 22.6 Å². The minimum Gasteiger partial charge on any atom is -0.367 e. The van der Waals surface area contributed by atoms with Gasteiger partial charge in [0.15, 0.2) is 0 Å². The molecule has 0 unspecified atom stereocenters. The second-order valence-electron chi connectivity index (χ2n) is 4.61. The molecule has 0 radical (unpaired) electrons. The second kappa shape index (κ2) is 5.51. The molecule has 3 nitrogen and oxygen atoms in total. The van der Waals surface area contributed by atoms with Gasteiger partial charge in [0.05, 0.1) is 5.69 Å². The summed E-state index contributed by atoms with van der Waals surface area (Å²) in [5.41, 5.74) is 1.28. The summed E-state index contributed by atoms with van der Waals surface area (Å²) in [4.78, 5) is 6.34. The number of anilines is 2. The van der Waals surface area contributed by atoms with Gasteiger partial charge in [0.1, 0.15) is 17.5 Å². The van der Waals surface area contributed by atoms with Crippen LogP contribution in [0, 0.1) is 15.2 Å². The standard InChI is InChI=1S/C14H12F2IN3/c15-10-1-2-12(16)9(5-10)8-20-4-3-18-14-13(20)6-11(17)7-19-14/h1-2,5-7H,3-4,8H2,(H,18,19). The zero-order chi connectivity index (χ0) is 14.1. The lowest BCUT2D eigenvalue weighted by molar-refractivity contribution is 0.580. The molecule has 6 heteroatoms. The average Bonchev–Trinajstić information content (AvgIpc) is 2.43. The van der Waals surface area contributed by atoms with E-state index in [9.17, 15) is 8.78 Å². The van der Waals surface area contributed by atoms with Crippen molar-refractivity contribution in [2.45, 2.75) is 6.54 Å². The Morgan fingerprint density at radius 2 is 2.15 bits per heavy atom. The van der Waals surface area contributed by atoms with Gasteiger partial charge in [-0.05, 0) is 46.9 Å². The van der Waals surface area contributed by atoms with E-state index in [1.807, 2.05) is 11.0 Å². The number of nitrogens with one attached hydrogen (secondary N) is 1. The molecule has 1 aromatic heterocycles. The molecule has 0 saturated heterocycles. The lowest BCUT2D eigenvalue weighted by Gasteiger charge is -2.31. The van der Waals surface area contributed by atoms with Gasteiger partial charge in [-0.25, -0.2) is 13.8 Å². The van der Waals surface area contributed by atoms with Gasteiger partial charge < -0.3 is 10.2 Å². The molecular weight excluding hydrogens is 375 g/mol. The molecule has 0 bridgehead atoms. The first-order valence-corrected chi connectivity index (χ1v) is 7.29. The molecule has 0 amide bonds. The zero-order valence-corrected chi connectivity index (χ0v) is 12.7. The van der Waals surface area contributed by atoms with Crippen LogP contribution in [-0.2, 0) is 6.54 Å². The summed E-state index contributed by atoms with van der Waals surface area (Å²) in [5, 5.41) is 3.21. The third-order valence-corrected chi connectivity index (χ3v) is 3.81. The molecule has 1 aliphatic rings. The van der Waals surface area contributed by atoms with Crippen LogP contribution in [0.5, 0.6) is 0 Å². The topological polar surface area (TPSA) is 28.2 Å². The normalized spacial score (nSPS) is 13.8. The lowest BCUT2D eigenvalue weighted by Crippen LogP contribution is -2.34. The van der Waals surface area contributed by atoms with E-state index in [1.165, 1.54) is 12.1 Å². The molecule has 0 atom stereocenters. The number of aromatic nitrogens is 1. The molecule has 0 aliphatic carbocycles. The average molecular weight is 387 g/mol. The van der Waals surface area contributed by atoms with E-state index in [1.54, 1.807) is 6.20 Å². The van der Waals surface area contributed by atoms with Gasteiger partial charge in [-0.15, -0.1) is 0 Å². The van der Waals surface area contributed by atoms with Crippen molar-refractivity contribution in [2.75, 3.05) is 23.3 Å². The fourth-order valence-electron chi connectivity index (χ4n) is 2.27. The minimum atomic E-state index is -0.419. The minimum absolute atomic E-state index is 0.333. The Morgan fingerprint density at radius 3 is 3.00 bits per heavy atom. The summed E-state index contributed by atoms with van der Waals surface area (Å²) in [6, 6.07) is 5.54. The van der Waals surface area contributed by atoms with Gasteiger partial charge in [0, 0.05) is 35.0 Å². The van der Waals surface area contributed by atoms with Gasteiger partial charge >= 0.3 is 0 Å². The number of benzene rings is 1. The van der Waals surface area contributed by atoms with Crippen LogP contribution in [0.3, 0.4) is 0 Å². The largest absolute Gasteiger partial charge is 0.367 e. The molecule has 1 aromatic carbocycles. The quantitative estimate of drug-likeness (QED) is 0.801. The fourth-order valence-corrected chi connectivity index (χ4v) is 2.70. The maximum atomic E-state index is 13.8. The first kappa shape index (κ1) is 13.5. The van der Waals surface area contributed by atoms with Crippen molar-refractivity contribution in [2.24, 2.45) is 0 Å². The second-order valence-corrected chi connectivity index (χ2v) is 5.85. The van der Waals surface area contributed by atoms with E-state index in [0.717, 1.165) is 34.2 Å². The number of hydrogen-bond donors (Lipinski definition) is 1. The van der Waals surface area contributed by atoms with Crippen LogP contribution in [-0.4, -0.2) is 18.1 Å². The van der Waals surface area contributed by atoms with Crippen molar-refractivity contribution in [3.8, 4) is 0 Å². The van der Waals surface area contributed by atoms with Crippen LogP contribution in [0.1, 0.15) is 5.56 Å². The number of rotatable bonds is 2. The Labute approximate surface area is 129 Å². The summed E-state index contributed by atoms with van der Waals surface area (Å²) in [6.07, 6.45) is 1.78. The highest BCUT2D eigenvalue weighted by Crippen LogP contribution is 2.30. The maximum Gasteiger partial charge on any atom is 0.149 e. The van der Waals surface area contributed by atoms with Crippen LogP contribution in [0.25, 0.3) is 0 Å². The molecular formula is C14H12F2IN3. The van der Waals surface area contributed by atoms with E-state index >= 15 is 0 Å². The number of hydrogen-bond acceptors (Lipinski definition) is 3. The molecule has 3 rings (SSSR count). The van der Waals surface area contributed by atoms with Crippen molar-refractivity contribution in [3.63, 3.8) is 0 Å². The maximum absolute atomic E-state index is 13.8. The van der Waals surface area contributed by atoms with Crippen molar-refractivity contribution in [1.29, 1.82) is 0 Å². The Kier molecular flexibility index (Phi) is 3.73. The molecule has 2 aromatic rings. The Bertz CT molecular complexity index is 648. The predicted molar refractivity (Wildman–Crippen MR) is 82.9 cm³/mol. The van der Waals surface area contributed by atoms with Crippen LogP contribution in [0.4, 0.5) is 20.3 Å². The summed E-state index contributed by atoms with van der Waals surface area (Å²) >= 11 is 2.19. The van der Waals surface area contributed by atoms with E-state index in [4.69, 9.17) is 0 Å². The number of nitrogens with zero attached hydrogens (tertiary/aromatic N) is 2. The highest BCUT2D eigenvalue weighted by Gasteiger charge is 2.19. The van der Waals surface area contributed by atoms with Crippen molar-refractivity contribution >= 4 is 34.1 Å². The third-order valence-electron chi connectivity index (χ3n) is 3.22. The predicted octanol–water partition coefficient (Wildman–Crippen LogP) is 3.40. The van der Waals surface area contributed by atoms with E-state index in [2.05, 4.69) is 32.9 Å². The summed E-state index contributed by atoms with van der Waals surface area (Å²) in [7, 11) is 0. The summed E-state index contributed by atoms with van der Waals surface area (Å²) in [6.45, 7) is 1.79. The molecule has 2 heterocycles. The Morgan fingerprint density at radius 1 is 1.30 bits per heavy atom. The molecule has 1 aliphatic heterocycles. The van der Waals surface area contributed by atoms with Crippen LogP contribution in [0.15, 0.2) is 30.5 Å². The van der Waals surface area contributed by atoms with Crippen molar-refractivity contribution < 1.29 is 8.78 Å².